The fourth-order valence-corrected chi connectivity index (χ4v) is 1.94. The number of hydrogen-bond donors (Lipinski definition) is 0. The van der Waals surface area contributed by atoms with Crippen LogP contribution >= 0.6 is 0 Å². The summed E-state index contributed by atoms with van der Waals surface area (Å²) in [6.07, 6.45) is 1.82. The molecule has 0 bridgehead atoms. The van der Waals surface area contributed by atoms with Gasteiger partial charge in [-0.15, -0.1) is 0 Å². The summed E-state index contributed by atoms with van der Waals surface area (Å²) in [4.78, 5) is 6.51. The van der Waals surface area contributed by atoms with Gasteiger partial charge in [-0.05, 0) is 40.1 Å². The van der Waals surface area contributed by atoms with E-state index in [0.29, 0.717) is 12.6 Å². The summed E-state index contributed by atoms with van der Waals surface area (Å²) in [5, 5.41) is 0. The molecule has 0 aliphatic carbocycles. The molecule has 1 heterocycles. The van der Waals surface area contributed by atoms with Crippen LogP contribution in [0, 0.1) is 6.92 Å². The maximum absolute atomic E-state index is 6.00. The third kappa shape index (κ3) is 3.36. The number of likely N-dealkylation sites (N-methyl/N-ethyl adjacent to an activating group) is 1. The lowest BCUT2D eigenvalue weighted by molar-refractivity contribution is 0.199. The van der Waals surface area contributed by atoms with Gasteiger partial charge in [0, 0.05) is 29.1 Å². The fourth-order valence-electron chi connectivity index (χ4n) is 1.94. The first-order chi connectivity index (χ1) is 9.59. The van der Waals surface area contributed by atoms with Crippen molar-refractivity contribution in [1.82, 2.24) is 9.88 Å². The van der Waals surface area contributed by atoms with Gasteiger partial charge in [0.15, 0.2) is 0 Å². The highest BCUT2D eigenvalue weighted by molar-refractivity contribution is 5.71. The zero-order valence-corrected chi connectivity index (χ0v) is 12.6. The Kier molecular flexibility index (Phi) is 4.74. The van der Waals surface area contributed by atoms with Crippen molar-refractivity contribution in [3.63, 3.8) is 0 Å². The minimum atomic E-state index is 0.373. The fraction of sp³-hybridized carbons (Fsp3) is 0.353. The predicted molar refractivity (Wildman–Crippen MR) is 83.1 cm³/mol. The molecule has 2 aromatic rings. The Morgan fingerprint density at radius 2 is 1.80 bits per heavy atom. The van der Waals surface area contributed by atoms with Crippen molar-refractivity contribution in [2.75, 3.05) is 20.7 Å². The second-order valence-electron chi connectivity index (χ2n) is 5.26. The van der Waals surface area contributed by atoms with E-state index in [1.165, 1.54) is 0 Å². The van der Waals surface area contributed by atoms with Crippen molar-refractivity contribution < 1.29 is 4.74 Å². The van der Waals surface area contributed by atoms with E-state index in [-0.39, 0.29) is 0 Å². The molecule has 2 rings (SSSR count). The minimum Gasteiger partial charge on any atom is -0.491 e. The van der Waals surface area contributed by atoms with Crippen LogP contribution in [0.3, 0.4) is 0 Å². The summed E-state index contributed by atoms with van der Waals surface area (Å²) in [6, 6.07) is 12.6. The molecule has 3 heteroatoms. The number of pyridine rings is 1. The Morgan fingerprint density at radius 1 is 1.10 bits per heavy atom. The minimum absolute atomic E-state index is 0.373. The Morgan fingerprint density at radius 3 is 2.50 bits per heavy atom. The molecule has 0 fully saturated rings. The maximum atomic E-state index is 6.00. The molecule has 1 atom stereocenters. The first kappa shape index (κ1) is 14.5. The molecule has 0 aliphatic heterocycles. The highest BCUT2D eigenvalue weighted by Gasteiger charge is 2.11. The zero-order valence-electron chi connectivity index (χ0n) is 12.6. The van der Waals surface area contributed by atoms with Gasteiger partial charge in [-0.2, -0.15) is 0 Å². The third-order valence-electron chi connectivity index (χ3n) is 3.55. The number of para-hydroxylation sites is 1. The van der Waals surface area contributed by atoms with Crippen LogP contribution in [-0.4, -0.2) is 36.6 Å². The van der Waals surface area contributed by atoms with E-state index in [2.05, 4.69) is 43.0 Å². The molecule has 0 radical (unpaired) electrons. The van der Waals surface area contributed by atoms with E-state index in [4.69, 9.17) is 4.74 Å². The molecule has 20 heavy (non-hydrogen) atoms. The van der Waals surface area contributed by atoms with Crippen LogP contribution in [-0.2, 0) is 0 Å². The van der Waals surface area contributed by atoms with Crippen molar-refractivity contribution in [3.8, 4) is 16.9 Å². The van der Waals surface area contributed by atoms with Gasteiger partial charge in [0.1, 0.15) is 12.4 Å². The molecule has 0 saturated carbocycles. The van der Waals surface area contributed by atoms with Crippen LogP contribution in [0.5, 0.6) is 5.75 Å². The number of benzene rings is 1. The molecule has 106 valence electrons. The van der Waals surface area contributed by atoms with E-state index in [9.17, 15) is 0 Å². The van der Waals surface area contributed by atoms with E-state index in [1.807, 2.05) is 37.4 Å². The Hall–Kier alpha value is -1.87. The summed E-state index contributed by atoms with van der Waals surface area (Å²) >= 11 is 0. The lowest BCUT2D eigenvalue weighted by atomic mass is 10.0. The van der Waals surface area contributed by atoms with Gasteiger partial charge >= 0.3 is 0 Å². The molecule has 1 unspecified atom stereocenters. The van der Waals surface area contributed by atoms with E-state index < -0.39 is 0 Å². The van der Waals surface area contributed by atoms with Crippen LogP contribution in [0.25, 0.3) is 11.1 Å². The predicted octanol–water partition coefficient (Wildman–Crippen LogP) is 3.39. The quantitative estimate of drug-likeness (QED) is 0.832. The molecule has 1 aromatic carbocycles. The number of hydrogen-bond acceptors (Lipinski definition) is 3. The molecule has 0 amide bonds. The summed E-state index contributed by atoms with van der Waals surface area (Å²) in [7, 11) is 4.12. The average molecular weight is 270 g/mol. The van der Waals surface area contributed by atoms with E-state index in [1.54, 1.807) is 0 Å². The van der Waals surface area contributed by atoms with Gasteiger partial charge in [-0.3, -0.25) is 4.98 Å². The molecular formula is C17H22N2O. The Labute approximate surface area is 121 Å². The highest BCUT2D eigenvalue weighted by atomic mass is 16.5. The summed E-state index contributed by atoms with van der Waals surface area (Å²) in [6.45, 7) is 4.84. The van der Waals surface area contributed by atoms with Crippen molar-refractivity contribution >= 4 is 0 Å². The van der Waals surface area contributed by atoms with Gasteiger partial charge in [-0.1, -0.05) is 24.3 Å². The van der Waals surface area contributed by atoms with Crippen LogP contribution in [0.1, 0.15) is 12.6 Å². The SMILES string of the molecule is Cc1ncccc1-c1ccccc1OCC(C)N(C)C. The Balaban J connectivity index is 2.25. The van der Waals surface area contributed by atoms with Gasteiger partial charge in [0.25, 0.3) is 0 Å². The van der Waals surface area contributed by atoms with Crippen LogP contribution in [0.2, 0.25) is 0 Å². The van der Waals surface area contributed by atoms with Crippen LogP contribution < -0.4 is 4.74 Å². The zero-order chi connectivity index (χ0) is 14.5. The number of aryl methyl sites for hydroxylation is 1. The highest BCUT2D eigenvalue weighted by Crippen LogP contribution is 2.31. The first-order valence-corrected chi connectivity index (χ1v) is 6.90. The van der Waals surface area contributed by atoms with E-state index >= 15 is 0 Å². The lowest BCUT2D eigenvalue weighted by Crippen LogP contribution is -2.30. The maximum Gasteiger partial charge on any atom is 0.127 e. The number of ether oxygens (including phenoxy) is 1. The van der Waals surface area contributed by atoms with Crippen LogP contribution in [0.4, 0.5) is 0 Å². The summed E-state index contributed by atoms with van der Waals surface area (Å²) < 4.78 is 6.00. The van der Waals surface area contributed by atoms with Crippen molar-refractivity contribution in [2.24, 2.45) is 0 Å². The molecule has 3 nitrogen and oxygen atoms in total. The molecule has 1 aromatic heterocycles. The molecule has 0 N–H and O–H groups in total. The van der Waals surface area contributed by atoms with Gasteiger partial charge in [-0.25, -0.2) is 0 Å². The lowest BCUT2D eigenvalue weighted by Gasteiger charge is -2.21. The number of rotatable bonds is 5. The van der Waals surface area contributed by atoms with Crippen molar-refractivity contribution in [3.05, 3.63) is 48.3 Å². The normalized spacial score (nSPS) is 12.4. The van der Waals surface area contributed by atoms with Crippen molar-refractivity contribution in [1.29, 1.82) is 0 Å². The molecular weight excluding hydrogens is 248 g/mol. The standard InChI is InChI=1S/C17H22N2O/c1-13(19(3)4)12-20-17-10-6-5-8-16(17)15-9-7-11-18-14(15)2/h5-11,13H,12H2,1-4H3. The summed E-state index contributed by atoms with van der Waals surface area (Å²) in [5.74, 6) is 0.914. The molecule has 0 saturated heterocycles. The first-order valence-electron chi connectivity index (χ1n) is 6.90. The average Bonchev–Trinajstić information content (AvgIpc) is 2.45. The van der Waals surface area contributed by atoms with Crippen molar-refractivity contribution in [2.45, 2.75) is 19.9 Å². The molecule has 0 aliphatic rings. The summed E-state index contributed by atoms with van der Waals surface area (Å²) in [5.41, 5.74) is 3.24. The van der Waals surface area contributed by atoms with Gasteiger partial charge < -0.3 is 9.64 Å². The number of nitrogens with zero attached hydrogens (tertiary/aromatic N) is 2. The van der Waals surface area contributed by atoms with Crippen LogP contribution in [0.15, 0.2) is 42.6 Å². The third-order valence-corrected chi connectivity index (χ3v) is 3.55. The van der Waals surface area contributed by atoms with E-state index in [0.717, 1.165) is 22.6 Å². The topological polar surface area (TPSA) is 25.4 Å². The van der Waals surface area contributed by atoms with Gasteiger partial charge in [0.2, 0.25) is 0 Å². The molecule has 0 spiro atoms. The van der Waals surface area contributed by atoms with Gasteiger partial charge in [0.05, 0.1) is 0 Å². The largest absolute Gasteiger partial charge is 0.491 e. The monoisotopic (exact) mass is 270 g/mol. The Bertz CT molecular complexity index is 566. The smallest absolute Gasteiger partial charge is 0.127 e. The second kappa shape index (κ2) is 6.53. The number of aromatic nitrogens is 1. The second-order valence-corrected chi connectivity index (χ2v) is 5.26.